The van der Waals surface area contributed by atoms with Gasteiger partial charge in [-0.1, -0.05) is 11.3 Å². The van der Waals surface area contributed by atoms with Crippen LogP contribution in [0.5, 0.6) is 0 Å². The molecule has 2 aromatic heterocycles. The second-order valence-corrected chi connectivity index (χ2v) is 5.66. The zero-order chi connectivity index (χ0) is 16.1. The number of thioether (sulfide) groups is 1. The number of hydrogen-bond donors (Lipinski definition) is 1. The summed E-state index contributed by atoms with van der Waals surface area (Å²) in [6.07, 6.45) is 7.15. The molecule has 0 aliphatic rings. The molecule has 0 saturated carbocycles. The topological polar surface area (TPSA) is 72.7 Å². The third-order valence-corrected chi connectivity index (χ3v) is 3.94. The van der Waals surface area contributed by atoms with Gasteiger partial charge in [0.15, 0.2) is 0 Å². The molecule has 2 heterocycles. The highest BCUT2D eigenvalue weighted by molar-refractivity contribution is 7.98. The van der Waals surface area contributed by atoms with Gasteiger partial charge in [-0.15, -0.1) is 16.9 Å². The minimum Gasteiger partial charge on any atom is -0.346 e. The normalized spacial score (nSPS) is 10.5. The van der Waals surface area contributed by atoms with E-state index in [1.165, 1.54) is 0 Å². The van der Waals surface area contributed by atoms with Crippen molar-refractivity contribution in [2.45, 2.75) is 11.4 Å². The van der Waals surface area contributed by atoms with Crippen LogP contribution in [-0.4, -0.2) is 32.1 Å². The molecule has 0 aliphatic heterocycles. The van der Waals surface area contributed by atoms with Crippen molar-refractivity contribution in [3.8, 4) is 5.69 Å². The average molecular weight is 325 g/mol. The number of amides is 1. The van der Waals surface area contributed by atoms with Gasteiger partial charge >= 0.3 is 0 Å². The Morgan fingerprint density at radius 1 is 1.30 bits per heavy atom. The van der Waals surface area contributed by atoms with Crippen LogP contribution in [0, 0.1) is 0 Å². The quantitative estimate of drug-likeness (QED) is 0.729. The summed E-state index contributed by atoms with van der Waals surface area (Å²) in [6, 6.07) is 11.2. The summed E-state index contributed by atoms with van der Waals surface area (Å²) >= 11 is 1.60. The lowest BCUT2D eigenvalue weighted by atomic mass is 10.2. The van der Waals surface area contributed by atoms with Crippen LogP contribution in [-0.2, 0) is 6.54 Å². The van der Waals surface area contributed by atoms with Gasteiger partial charge in [0.05, 0.1) is 24.6 Å². The van der Waals surface area contributed by atoms with Crippen LogP contribution in [0.1, 0.15) is 16.1 Å². The summed E-state index contributed by atoms with van der Waals surface area (Å²) in [5, 5.41) is 10.9. The highest BCUT2D eigenvalue weighted by Crippen LogP contribution is 2.15. The molecule has 0 radical (unpaired) electrons. The molecular formula is C16H15N5OS. The number of nitrogens with one attached hydrogen (secondary N) is 1. The van der Waals surface area contributed by atoms with E-state index in [2.05, 4.69) is 20.6 Å². The maximum absolute atomic E-state index is 12.2. The van der Waals surface area contributed by atoms with Crippen molar-refractivity contribution in [1.29, 1.82) is 0 Å². The Hall–Kier alpha value is -2.67. The van der Waals surface area contributed by atoms with Crippen molar-refractivity contribution in [3.05, 3.63) is 66.2 Å². The lowest BCUT2D eigenvalue weighted by molar-refractivity contribution is 0.0950. The standard InChI is InChI=1S/C16H15N5OS/c1-23-15-6-2-4-12(8-15)16(22)18-9-13-11-21(20-19-13)14-5-3-7-17-10-14/h2-8,10-11H,9H2,1H3,(H,18,22). The molecule has 1 amide bonds. The van der Waals surface area contributed by atoms with Gasteiger partial charge in [0.2, 0.25) is 0 Å². The number of nitrogens with zero attached hydrogens (tertiary/aromatic N) is 4. The molecular weight excluding hydrogens is 310 g/mol. The SMILES string of the molecule is CSc1cccc(C(=O)NCc2cn(-c3cccnc3)nn2)c1. The molecule has 23 heavy (non-hydrogen) atoms. The summed E-state index contributed by atoms with van der Waals surface area (Å²) in [7, 11) is 0. The molecule has 116 valence electrons. The Kier molecular flexibility index (Phi) is 4.68. The Bertz CT molecular complexity index is 803. The minimum absolute atomic E-state index is 0.128. The predicted molar refractivity (Wildman–Crippen MR) is 88.5 cm³/mol. The maximum atomic E-state index is 12.2. The highest BCUT2D eigenvalue weighted by atomic mass is 32.2. The van der Waals surface area contributed by atoms with Gasteiger partial charge in [-0.2, -0.15) is 0 Å². The summed E-state index contributed by atoms with van der Waals surface area (Å²) in [4.78, 5) is 17.3. The maximum Gasteiger partial charge on any atom is 0.251 e. The molecule has 0 spiro atoms. The second kappa shape index (κ2) is 7.06. The van der Waals surface area contributed by atoms with E-state index in [9.17, 15) is 4.79 Å². The molecule has 0 aliphatic carbocycles. The zero-order valence-electron chi connectivity index (χ0n) is 12.5. The van der Waals surface area contributed by atoms with Gasteiger partial charge in [0.25, 0.3) is 5.91 Å². The van der Waals surface area contributed by atoms with Crippen LogP contribution in [0.2, 0.25) is 0 Å². The van der Waals surface area contributed by atoms with Gasteiger partial charge in [-0.3, -0.25) is 9.78 Å². The van der Waals surface area contributed by atoms with E-state index in [0.29, 0.717) is 17.8 Å². The molecule has 0 bridgehead atoms. The van der Waals surface area contributed by atoms with Crippen LogP contribution < -0.4 is 5.32 Å². The molecule has 1 N–H and O–H groups in total. The van der Waals surface area contributed by atoms with E-state index in [0.717, 1.165) is 10.6 Å². The Morgan fingerprint density at radius 2 is 2.22 bits per heavy atom. The van der Waals surface area contributed by atoms with Crippen molar-refractivity contribution in [2.24, 2.45) is 0 Å². The van der Waals surface area contributed by atoms with E-state index < -0.39 is 0 Å². The first-order chi connectivity index (χ1) is 11.3. The van der Waals surface area contributed by atoms with Crippen LogP contribution >= 0.6 is 11.8 Å². The van der Waals surface area contributed by atoms with E-state index in [4.69, 9.17) is 0 Å². The fourth-order valence-electron chi connectivity index (χ4n) is 2.03. The molecule has 7 heteroatoms. The van der Waals surface area contributed by atoms with Crippen LogP contribution in [0.25, 0.3) is 5.69 Å². The smallest absolute Gasteiger partial charge is 0.251 e. The van der Waals surface area contributed by atoms with Crippen molar-refractivity contribution < 1.29 is 4.79 Å². The molecule has 6 nitrogen and oxygen atoms in total. The first kappa shape index (κ1) is 15.2. The molecule has 0 atom stereocenters. The number of rotatable bonds is 5. The van der Waals surface area contributed by atoms with Crippen molar-refractivity contribution in [3.63, 3.8) is 0 Å². The Balaban J connectivity index is 1.64. The summed E-state index contributed by atoms with van der Waals surface area (Å²) in [6.45, 7) is 0.322. The number of hydrogen-bond acceptors (Lipinski definition) is 5. The number of benzene rings is 1. The van der Waals surface area contributed by atoms with E-state index in [1.54, 1.807) is 41.1 Å². The number of aromatic nitrogens is 4. The average Bonchev–Trinajstić information content (AvgIpc) is 3.09. The number of pyridine rings is 1. The Morgan fingerprint density at radius 3 is 3.00 bits per heavy atom. The first-order valence-corrected chi connectivity index (χ1v) is 8.22. The van der Waals surface area contributed by atoms with Gasteiger partial charge in [-0.25, -0.2) is 4.68 Å². The zero-order valence-corrected chi connectivity index (χ0v) is 13.3. The van der Waals surface area contributed by atoms with E-state index in [1.807, 2.05) is 36.6 Å². The predicted octanol–water partition coefficient (Wildman–Crippen LogP) is 2.31. The molecule has 0 saturated heterocycles. The fraction of sp³-hybridized carbons (Fsp3) is 0.125. The highest BCUT2D eigenvalue weighted by Gasteiger charge is 2.08. The van der Waals surface area contributed by atoms with Gasteiger partial charge in [0, 0.05) is 16.7 Å². The van der Waals surface area contributed by atoms with Crippen molar-refractivity contribution >= 4 is 17.7 Å². The molecule has 0 unspecified atom stereocenters. The lowest BCUT2D eigenvalue weighted by Crippen LogP contribution is -2.22. The van der Waals surface area contributed by atoms with E-state index in [-0.39, 0.29) is 5.91 Å². The van der Waals surface area contributed by atoms with Crippen molar-refractivity contribution in [2.75, 3.05) is 6.26 Å². The lowest BCUT2D eigenvalue weighted by Gasteiger charge is -2.04. The van der Waals surface area contributed by atoms with Crippen LogP contribution in [0.3, 0.4) is 0 Å². The molecule has 3 aromatic rings. The molecule has 1 aromatic carbocycles. The van der Waals surface area contributed by atoms with Gasteiger partial charge in [0.1, 0.15) is 5.69 Å². The largest absolute Gasteiger partial charge is 0.346 e. The third kappa shape index (κ3) is 3.75. The van der Waals surface area contributed by atoms with Crippen molar-refractivity contribution in [1.82, 2.24) is 25.3 Å². The first-order valence-electron chi connectivity index (χ1n) is 7.00. The minimum atomic E-state index is -0.128. The second-order valence-electron chi connectivity index (χ2n) is 4.78. The van der Waals surface area contributed by atoms with Gasteiger partial charge < -0.3 is 5.32 Å². The van der Waals surface area contributed by atoms with E-state index >= 15 is 0 Å². The third-order valence-electron chi connectivity index (χ3n) is 3.21. The number of carbonyl (C=O) groups is 1. The summed E-state index contributed by atoms with van der Waals surface area (Å²) < 4.78 is 1.63. The monoisotopic (exact) mass is 325 g/mol. The molecule has 3 rings (SSSR count). The van der Waals surface area contributed by atoms with Gasteiger partial charge in [-0.05, 0) is 36.6 Å². The molecule has 0 fully saturated rings. The summed E-state index contributed by atoms with van der Waals surface area (Å²) in [5.41, 5.74) is 2.14. The fourth-order valence-corrected chi connectivity index (χ4v) is 2.49. The number of carbonyl (C=O) groups excluding carboxylic acids is 1. The Labute approximate surface area is 137 Å². The summed E-state index contributed by atoms with van der Waals surface area (Å²) in [5.74, 6) is -0.128. The van der Waals surface area contributed by atoms with Crippen LogP contribution in [0.4, 0.5) is 0 Å². The van der Waals surface area contributed by atoms with Crippen LogP contribution in [0.15, 0.2) is 59.9 Å².